The zero-order chi connectivity index (χ0) is 24.4. The third-order valence-electron chi connectivity index (χ3n) is 8.09. The largest absolute Gasteiger partial charge is 0.365 e. The lowest BCUT2D eigenvalue weighted by Crippen LogP contribution is -2.69. The highest BCUT2D eigenvalue weighted by atomic mass is 19.1. The third-order valence-corrected chi connectivity index (χ3v) is 8.09. The van der Waals surface area contributed by atoms with Gasteiger partial charge in [-0.1, -0.05) is 12.1 Å². The number of halogens is 2. The molecule has 3 aliphatic carbocycles. The van der Waals surface area contributed by atoms with E-state index in [1.165, 1.54) is 13.1 Å². The molecule has 2 aromatic heterocycles. The number of fused-ring (bicyclic) bond motifs is 1. The minimum absolute atomic E-state index is 0.00279. The van der Waals surface area contributed by atoms with E-state index in [9.17, 15) is 18.4 Å². The average molecular weight is 480 g/mol. The number of anilines is 1. The number of benzene rings is 1. The van der Waals surface area contributed by atoms with E-state index in [-0.39, 0.29) is 27.5 Å². The topological polar surface area (TPSA) is 81.3 Å². The van der Waals surface area contributed by atoms with Crippen molar-refractivity contribution in [1.82, 2.24) is 20.2 Å². The summed E-state index contributed by atoms with van der Waals surface area (Å²) in [4.78, 5) is 35.4. The molecule has 7 rings (SSSR count). The van der Waals surface area contributed by atoms with Gasteiger partial charge >= 0.3 is 0 Å². The Morgan fingerprint density at radius 1 is 1.11 bits per heavy atom. The van der Waals surface area contributed by atoms with Crippen LogP contribution in [0.2, 0.25) is 0 Å². The highest BCUT2D eigenvalue weighted by molar-refractivity contribution is 5.92. The summed E-state index contributed by atoms with van der Waals surface area (Å²) in [6.45, 7) is 4.05. The summed E-state index contributed by atoms with van der Waals surface area (Å²) >= 11 is 0. The van der Waals surface area contributed by atoms with Crippen LogP contribution in [0.5, 0.6) is 0 Å². The number of amides is 1. The molecule has 0 unspecified atom stereocenters. The molecule has 4 fully saturated rings. The lowest BCUT2D eigenvalue weighted by molar-refractivity contribution is -0.158. The molecule has 3 saturated carbocycles. The summed E-state index contributed by atoms with van der Waals surface area (Å²) in [5.74, 6) is -1.51. The van der Waals surface area contributed by atoms with Gasteiger partial charge in [0.2, 0.25) is 5.95 Å². The van der Waals surface area contributed by atoms with Crippen molar-refractivity contribution in [3.05, 3.63) is 69.9 Å². The molecule has 182 valence electrons. The van der Waals surface area contributed by atoms with Gasteiger partial charge in [-0.25, -0.2) is 9.37 Å². The van der Waals surface area contributed by atoms with Gasteiger partial charge < -0.3 is 15.2 Å². The van der Waals surface area contributed by atoms with Gasteiger partial charge in [0.05, 0.1) is 11.1 Å². The molecule has 1 amide bonds. The predicted octanol–water partition coefficient (Wildman–Crippen LogP) is 2.80. The van der Waals surface area contributed by atoms with E-state index in [1.54, 1.807) is 24.3 Å². The number of carbonyl (C=O) groups excluding carboxylic acids is 1. The maximum absolute atomic E-state index is 14.5. The van der Waals surface area contributed by atoms with Crippen LogP contribution in [0.25, 0.3) is 10.8 Å². The minimum Gasteiger partial charge on any atom is -0.365 e. The van der Waals surface area contributed by atoms with Crippen LogP contribution in [0.15, 0.2) is 41.2 Å². The fraction of sp³-hybridized carbons (Fsp3) is 0.423. The van der Waals surface area contributed by atoms with E-state index in [0.29, 0.717) is 24.2 Å². The van der Waals surface area contributed by atoms with Gasteiger partial charge in [0.1, 0.15) is 11.5 Å². The van der Waals surface area contributed by atoms with Crippen LogP contribution in [0.3, 0.4) is 0 Å². The number of aromatic nitrogens is 2. The number of pyridine rings is 2. The standard InChI is InChI=1S/C26H27F2N5O2/c1-29-23(34)18-5-6-19(22(28)30-18)33-9-7-32(8-10-33)15-25-12-26(13-25,14-25)20-11-16-3-2-4-17(27)21(16)24(35)31-20/h2-6,11H,7-10,12-15H2,1H3,(H,29,34)(H,31,35). The van der Waals surface area contributed by atoms with E-state index < -0.39 is 17.7 Å². The molecule has 7 nitrogen and oxygen atoms in total. The number of nitrogens with zero attached hydrogens (tertiary/aromatic N) is 3. The minimum atomic E-state index is -0.620. The van der Waals surface area contributed by atoms with Crippen LogP contribution in [0.1, 0.15) is 35.4 Å². The lowest BCUT2D eigenvalue weighted by atomic mass is 9.34. The van der Waals surface area contributed by atoms with Crippen molar-refractivity contribution < 1.29 is 13.6 Å². The molecular formula is C26H27F2N5O2. The van der Waals surface area contributed by atoms with E-state index in [4.69, 9.17) is 0 Å². The SMILES string of the molecule is CNC(=O)c1ccc(N2CCN(CC34CC(c5cc6cccc(F)c6c(=O)[nH]5)(C3)C4)CC2)c(F)n1. The first-order valence-corrected chi connectivity index (χ1v) is 12.0. The van der Waals surface area contributed by atoms with E-state index in [0.717, 1.165) is 44.6 Å². The van der Waals surface area contributed by atoms with Crippen molar-refractivity contribution in [2.45, 2.75) is 24.7 Å². The molecule has 2 bridgehead atoms. The Morgan fingerprint density at radius 3 is 2.54 bits per heavy atom. The van der Waals surface area contributed by atoms with Gasteiger partial charge in [0.25, 0.3) is 11.5 Å². The van der Waals surface area contributed by atoms with Crippen molar-refractivity contribution in [3.8, 4) is 0 Å². The quantitative estimate of drug-likeness (QED) is 0.550. The first-order chi connectivity index (χ1) is 16.8. The van der Waals surface area contributed by atoms with Crippen LogP contribution in [0.4, 0.5) is 14.5 Å². The van der Waals surface area contributed by atoms with Crippen LogP contribution >= 0.6 is 0 Å². The van der Waals surface area contributed by atoms with Crippen molar-refractivity contribution in [1.29, 1.82) is 0 Å². The molecule has 1 aromatic carbocycles. The smallest absolute Gasteiger partial charge is 0.269 e. The summed E-state index contributed by atoms with van der Waals surface area (Å²) in [6.07, 6.45) is 3.07. The zero-order valence-corrected chi connectivity index (χ0v) is 19.5. The molecule has 1 aliphatic heterocycles. The Morgan fingerprint density at radius 2 is 1.86 bits per heavy atom. The maximum atomic E-state index is 14.5. The molecule has 0 atom stereocenters. The predicted molar refractivity (Wildman–Crippen MR) is 129 cm³/mol. The van der Waals surface area contributed by atoms with Gasteiger partial charge in [-0.05, 0) is 54.3 Å². The van der Waals surface area contributed by atoms with Crippen LogP contribution < -0.4 is 15.8 Å². The number of piperazine rings is 1. The van der Waals surface area contributed by atoms with E-state index in [2.05, 4.69) is 20.2 Å². The summed E-state index contributed by atoms with van der Waals surface area (Å²) < 4.78 is 28.6. The molecule has 1 saturated heterocycles. The number of aromatic amines is 1. The van der Waals surface area contributed by atoms with Crippen molar-refractivity contribution >= 4 is 22.4 Å². The van der Waals surface area contributed by atoms with E-state index in [1.807, 2.05) is 11.0 Å². The molecule has 2 N–H and O–H groups in total. The number of nitrogens with one attached hydrogen (secondary N) is 2. The summed E-state index contributed by atoms with van der Waals surface area (Å²) in [6, 6.07) is 9.88. The lowest BCUT2D eigenvalue weighted by Gasteiger charge is -2.71. The third kappa shape index (κ3) is 3.52. The van der Waals surface area contributed by atoms with Crippen molar-refractivity contribution in [3.63, 3.8) is 0 Å². The van der Waals surface area contributed by atoms with Gasteiger partial charge in [0, 0.05) is 50.9 Å². The Bertz CT molecular complexity index is 1380. The first-order valence-electron chi connectivity index (χ1n) is 12.0. The van der Waals surface area contributed by atoms with Crippen LogP contribution in [0, 0.1) is 17.2 Å². The second kappa shape index (κ2) is 7.84. The molecular weight excluding hydrogens is 452 g/mol. The number of carbonyl (C=O) groups is 1. The maximum Gasteiger partial charge on any atom is 0.269 e. The summed E-state index contributed by atoms with van der Waals surface area (Å²) in [7, 11) is 1.49. The molecule has 4 aliphatic rings. The van der Waals surface area contributed by atoms with E-state index >= 15 is 0 Å². The highest BCUT2D eigenvalue weighted by Crippen LogP contribution is 2.73. The van der Waals surface area contributed by atoms with Crippen molar-refractivity contribution in [2.24, 2.45) is 5.41 Å². The van der Waals surface area contributed by atoms with Gasteiger partial charge in [-0.15, -0.1) is 0 Å². The molecule has 0 radical (unpaired) electrons. The monoisotopic (exact) mass is 479 g/mol. The molecule has 3 aromatic rings. The molecule has 0 spiro atoms. The van der Waals surface area contributed by atoms with Crippen LogP contribution in [-0.4, -0.2) is 60.5 Å². The van der Waals surface area contributed by atoms with Gasteiger partial charge in [0.15, 0.2) is 0 Å². The highest BCUT2D eigenvalue weighted by Gasteiger charge is 2.68. The zero-order valence-electron chi connectivity index (χ0n) is 19.5. The molecule has 9 heteroatoms. The second-order valence-electron chi connectivity index (χ2n) is 10.4. The normalized spacial score (nSPS) is 25.7. The number of hydrogen-bond donors (Lipinski definition) is 2. The summed E-state index contributed by atoms with van der Waals surface area (Å²) in [5.41, 5.74) is 1.34. The second-order valence-corrected chi connectivity index (χ2v) is 10.4. The average Bonchev–Trinajstić information content (AvgIpc) is 2.80. The van der Waals surface area contributed by atoms with Gasteiger partial charge in [-0.2, -0.15) is 4.39 Å². The fourth-order valence-electron chi connectivity index (χ4n) is 6.55. The number of H-pyrrole nitrogens is 1. The fourth-order valence-corrected chi connectivity index (χ4v) is 6.55. The summed E-state index contributed by atoms with van der Waals surface area (Å²) in [5, 5.41) is 3.24. The molecule has 35 heavy (non-hydrogen) atoms. The number of hydrogen-bond acceptors (Lipinski definition) is 5. The molecule has 3 heterocycles. The number of rotatable bonds is 5. The van der Waals surface area contributed by atoms with Gasteiger partial charge in [-0.3, -0.25) is 14.5 Å². The van der Waals surface area contributed by atoms with Crippen molar-refractivity contribution in [2.75, 3.05) is 44.7 Å². The Balaban J connectivity index is 1.07. The Labute approximate surface area is 201 Å². The first kappa shape index (κ1) is 22.2. The van der Waals surface area contributed by atoms with Crippen LogP contribution in [-0.2, 0) is 5.41 Å². The Hall–Kier alpha value is -3.33. The Kier molecular flexibility index (Phi) is 4.96.